The second kappa shape index (κ2) is 11.9. The maximum atomic E-state index is 3.63. The molecule has 110 valence electrons. The topological polar surface area (TPSA) is 0 Å². The lowest BCUT2D eigenvalue weighted by molar-refractivity contribution is 1.67. The van der Waals surface area contributed by atoms with Crippen molar-refractivity contribution >= 4 is 12.2 Å². The maximum Gasteiger partial charge on any atom is -0.0263 e. The van der Waals surface area contributed by atoms with Crippen molar-refractivity contribution in [1.82, 2.24) is 0 Å². The molecule has 0 saturated carbocycles. The van der Waals surface area contributed by atoms with E-state index in [0.717, 1.165) is 0 Å². The summed E-state index contributed by atoms with van der Waals surface area (Å²) in [7, 11) is 0. The molecule has 0 saturated heterocycles. The SMILES string of the molecule is C=Cc1ccccc1.C=Cc1ccccc1.c1ccccc1. The first-order chi connectivity index (χ1) is 10.9. The molecule has 0 heteroatoms. The lowest BCUT2D eigenvalue weighted by atomic mass is 10.2. The van der Waals surface area contributed by atoms with Crippen LogP contribution in [0, 0.1) is 0 Å². The summed E-state index contributed by atoms with van der Waals surface area (Å²) in [5.74, 6) is 0. The Morgan fingerprint density at radius 3 is 0.818 bits per heavy atom. The fraction of sp³-hybridized carbons (Fsp3) is 0. The lowest BCUT2D eigenvalue weighted by Gasteiger charge is -1.85. The Bertz CT molecular complexity index is 540. The van der Waals surface area contributed by atoms with Crippen molar-refractivity contribution in [1.29, 1.82) is 0 Å². The second-order valence-corrected chi connectivity index (χ2v) is 4.38. The van der Waals surface area contributed by atoms with Crippen LogP contribution < -0.4 is 0 Å². The van der Waals surface area contributed by atoms with Crippen LogP contribution in [0.15, 0.2) is 110 Å². The summed E-state index contributed by atoms with van der Waals surface area (Å²) in [6.07, 6.45) is 3.67. The van der Waals surface area contributed by atoms with E-state index in [4.69, 9.17) is 0 Å². The molecule has 0 aliphatic rings. The predicted octanol–water partition coefficient (Wildman–Crippen LogP) is 6.35. The molecular formula is C22H22. The largest absolute Gasteiger partial charge is 0.0985 e. The molecule has 0 aromatic heterocycles. The average molecular weight is 286 g/mol. The quantitative estimate of drug-likeness (QED) is 0.515. The van der Waals surface area contributed by atoms with Gasteiger partial charge in [-0.2, -0.15) is 0 Å². The second-order valence-electron chi connectivity index (χ2n) is 4.38. The summed E-state index contributed by atoms with van der Waals surface area (Å²) in [6.45, 7) is 7.26. The first kappa shape index (κ1) is 17.2. The van der Waals surface area contributed by atoms with Crippen LogP contribution in [0.4, 0.5) is 0 Å². The van der Waals surface area contributed by atoms with E-state index in [0.29, 0.717) is 0 Å². The molecule has 0 amide bonds. The Hall–Kier alpha value is -2.86. The highest BCUT2D eigenvalue weighted by Gasteiger charge is 1.76. The van der Waals surface area contributed by atoms with Crippen molar-refractivity contribution in [2.45, 2.75) is 0 Å². The molecule has 0 spiro atoms. The number of rotatable bonds is 2. The zero-order valence-corrected chi connectivity index (χ0v) is 12.8. The number of hydrogen-bond donors (Lipinski definition) is 0. The fourth-order valence-electron chi connectivity index (χ4n) is 1.56. The van der Waals surface area contributed by atoms with Gasteiger partial charge in [0.1, 0.15) is 0 Å². The molecule has 0 aliphatic carbocycles. The van der Waals surface area contributed by atoms with Gasteiger partial charge in [-0.05, 0) is 11.1 Å². The monoisotopic (exact) mass is 286 g/mol. The van der Waals surface area contributed by atoms with Gasteiger partial charge >= 0.3 is 0 Å². The summed E-state index contributed by atoms with van der Waals surface area (Å²) in [5, 5.41) is 0. The molecule has 0 fully saturated rings. The first-order valence-corrected chi connectivity index (χ1v) is 7.22. The molecule has 3 rings (SSSR count). The van der Waals surface area contributed by atoms with E-state index in [1.54, 1.807) is 0 Å². The maximum absolute atomic E-state index is 3.63. The van der Waals surface area contributed by atoms with E-state index in [2.05, 4.69) is 13.2 Å². The van der Waals surface area contributed by atoms with E-state index in [1.807, 2.05) is 109 Å². The minimum atomic E-state index is 1.17. The third-order valence-electron chi connectivity index (χ3n) is 2.74. The van der Waals surface area contributed by atoms with Gasteiger partial charge in [-0.1, -0.05) is 122 Å². The smallest absolute Gasteiger partial charge is 0.0263 e. The number of hydrogen-bond acceptors (Lipinski definition) is 0. The van der Waals surface area contributed by atoms with Crippen LogP contribution in [0.5, 0.6) is 0 Å². The normalized spacial score (nSPS) is 8.36. The van der Waals surface area contributed by atoms with Gasteiger partial charge in [0, 0.05) is 0 Å². The highest BCUT2D eigenvalue weighted by atomic mass is 13.8. The molecule has 0 bridgehead atoms. The predicted molar refractivity (Wildman–Crippen MR) is 99.5 cm³/mol. The number of benzene rings is 3. The summed E-state index contributed by atoms with van der Waals surface area (Å²) >= 11 is 0. The van der Waals surface area contributed by atoms with E-state index in [-0.39, 0.29) is 0 Å². The van der Waals surface area contributed by atoms with Crippen molar-refractivity contribution in [3.63, 3.8) is 0 Å². The molecule has 0 N–H and O–H groups in total. The first-order valence-electron chi connectivity index (χ1n) is 7.22. The van der Waals surface area contributed by atoms with Crippen LogP contribution in [-0.2, 0) is 0 Å². The summed E-state index contributed by atoms with van der Waals surface area (Å²) in [4.78, 5) is 0. The third-order valence-corrected chi connectivity index (χ3v) is 2.74. The summed E-state index contributed by atoms with van der Waals surface area (Å²) in [5.41, 5.74) is 2.35. The molecule has 0 nitrogen and oxygen atoms in total. The van der Waals surface area contributed by atoms with Crippen molar-refractivity contribution < 1.29 is 0 Å². The summed E-state index contributed by atoms with van der Waals surface area (Å²) in [6, 6.07) is 32.1. The zero-order valence-electron chi connectivity index (χ0n) is 12.8. The Balaban J connectivity index is 0.000000167. The van der Waals surface area contributed by atoms with Gasteiger partial charge in [-0.3, -0.25) is 0 Å². The molecule has 22 heavy (non-hydrogen) atoms. The van der Waals surface area contributed by atoms with Crippen LogP contribution in [0.3, 0.4) is 0 Å². The molecule has 0 aliphatic heterocycles. The minimum absolute atomic E-state index is 1.17. The molecule has 3 aromatic carbocycles. The van der Waals surface area contributed by atoms with Gasteiger partial charge in [0.05, 0.1) is 0 Å². The molecule has 0 heterocycles. The lowest BCUT2D eigenvalue weighted by Crippen LogP contribution is -1.63. The van der Waals surface area contributed by atoms with Gasteiger partial charge in [-0.25, -0.2) is 0 Å². The highest BCUT2D eigenvalue weighted by molar-refractivity contribution is 5.46. The van der Waals surface area contributed by atoms with Crippen molar-refractivity contribution in [3.8, 4) is 0 Å². The standard InChI is InChI=1S/2C8H8.C6H6/c2*1-2-8-6-4-3-5-7-8;1-2-4-6-5-3-1/h2*2-7H,1H2;1-6H. The van der Waals surface area contributed by atoms with E-state index < -0.39 is 0 Å². The molecule has 0 atom stereocenters. The van der Waals surface area contributed by atoms with E-state index in [9.17, 15) is 0 Å². The van der Waals surface area contributed by atoms with E-state index >= 15 is 0 Å². The fourth-order valence-corrected chi connectivity index (χ4v) is 1.56. The van der Waals surface area contributed by atoms with Crippen LogP contribution in [0.2, 0.25) is 0 Å². The molecule has 0 radical (unpaired) electrons. The van der Waals surface area contributed by atoms with Crippen molar-refractivity contribution in [3.05, 3.63) is 121 Å². The Labute approximate surface area is 134 Å². The van der Waals surface area contributed by atoms with Crippen LogP contribution in [0.1, 0.15) is 11.1 Å². The van der Waals surface area contributed by atoms with Crippen molar-refractivity contribution in [2.75, 3.05) is 0 Å². The van der Waals surface area contributed by atoms with Gasteiger partial charge in [0.25, 0.3) is 0 Å². The minimum Gasteiger partial charge on any atom is -0.0985 e. The van der Waals surface area contributed by atoms with E-state index in [1.165, 1.54) is 11.1 Å². The van der Waals surface area contributed by atoms with Gasteiger partial charge in [0.15, 0.2) is 0 Å². The average Bonchev–Trinajstić information content (AvgIpc) is 2.65. The van der Waals surface area contributed by atoms with Gasteiger partial charge in [-0.15, -0.1) is 0 Å². The summed E-state index contributed by atoms with van der Waals surface area (Å²) < 4.78 is 0. The van der Waals surface area contributed by atoms with Gasteiger partial charge < -0.3 is 0 Å². The Kier molecular flexibility index (Phi) is 9.32. The molecular weight excluding hydrogens is 264 g/mol. The van der Waals surface area contributed by atoms with Crippen LogP contribution >= 0.6 is 0 Å². The zero-order chi connectivity index (χ0) is 15.9. The molecule has 3 aromatic rings. The Morgan fingerprint density at radius 2 is 0.636 bits per heavy atom. The highest BCUT2D eigenvalue weighted by Crippen LogP contribution is 1.98. The van der Waals surface area contributed by atoms with Crippen LogP contribution in [0.25, 0.3) is 12.2 Å². The van der Waals surface area contributed by atoms with Crippen LogP contribution in [-0.4, -0.2) is 0 Å². The van der Waals surface area contributed by atoms with Crippen molar-refractivity contribution in [2.24, 2.45) is 0 Å². The third kappa shape index (κ3) is 8.34. The Morgan fingerprint density at radius 1 is 0.409 bits per heavy atom. The van der Waals surface area contributed by atoms with Gasteiger partial charge in [0.2, 0.25) is 0 Å². The molecule has 0 unspecified atom stereocenters.